The number of piperidine rings is 1. The second kappa shape index (κ2) is 11.5. The van der Waals surface area contributed by atoms with Crippen LogP contribution in [0.1, 0.15) is 67.2 Å². The number of amides is 1. The Morgan fingerprint density at radius 3 is 2.62 bits per heavy atom. The Morgan fingerprint density at radius 2 is 1.95 bits per heavy atom. The summed E-state index contributed by atoms with van der Waals surface area (Å²) < 4.78 is 51.9. The molecule has 3 fully saturated rings. The second-order valence-electron chi connectivity index (χ2n) is 12.4. The summed E-state index contributed by atoms with van der Waals surface area (Å²) >= 11 is 6.23. The number of hydrogen-bond acceptors (Lipinski definition) is 5. The molecular weight excluding hydrogens is 569 g/mol. The van der Waals surface area contributed by atoms with Crippen molar-refractivity contribution in [3.63, 3.8) is 0 Å². The zero-order valence-electron chi connectivity index (χ0n) is 23.7. The average Bonchev–Trinajstić information content (AvgIpc) is 3.83. The van der Waals surface area contributed by atoms with Gasteiger partial charge < -0.3 is 14.4 Å². The number of carbonyl (C=O) groups is 2. The van der Waals surface area contributed by atoms with Crippen LogP contribution in [0.2, 0.25) is 5.02 Å². The van der Waals surface area contributed by atoms with E-state index in [1.807, 2.05) is 12.1 Å². The fraction of sp³-hybridized carbons (Fsp3) is 0.562. The third kappa shape index (κ3) is 5.67. The van der Waals surface area contributed by atoms with Gasteiger partial charge in [-0.25, -0.2) is 0 Å². The molecule has 0 radical (unpaired) electrons. The minimum Gasteiger partial charge on any atom is -0.429 e. The summed E-state index contributed by atoms with van der Waals surface area (Å²) in [6.07, 6.45) is 0.232. The third-order valence-electron chi connectivity index (χ3n) is 9.80. The molecule has 10 heteroatoms. The van der Waals surface area contributed by atoms with Crippen LogP contribution >= 0.6 is 11.6 Å². The summed E-state index contributed by atoms with van der Waals surface area (Å²) in [6, 6.07) is 10.1. The molecule has 2 aromatic rings. The zero-order valence-corrected chi connectivity index (χ0v) is 24.4. The topological polar surface area (TPSA) is 59.1 Å². The minimum atomic E-state index is -4.50. The van der Waals surface area contributed by atoms with Gasteiger partial charge in [0.15, 0.2) is 0 Å². The normalized spacial score (nSPS) is 28.7. The molecule has 3 heterocycles. The molecule has 1 saturated carbocycles. The lowest BCUT2D eigenvalue weighted by atomic mass is 9.80. The fourth-order valence-electron chi connectivity index (χ4n) is 7.41. The fourth-order valence-corrected chi connectivity index (χ4v) is 7.75. The molecule has 0 bridgehead atoms. The molecular formula is C32H36ClF3N2O4. The number of benzene rings is 2. The van der Waals surface area contributed by atoms with Crippen LogP contribution in [0.3, 0.4) is 0 Å². The number of likely N-dealkylation sites (tertiary alicyclic amines) is 1. The Kier molecular flexibility index (Phi) is 8.04. The monoisotopic (exact) mass is 604 g/mol. The number of halogens is 4. The highest BCUT2D eigenvalue weighted by Crippen LogP contribution is 2.49. The minimum absolute atomic E-state index is 0.0906. The Hall–Kier alpha value is -2.62. The van der Waals surface area contributed by atoms with E-state index in [1.54, 1.807) is 11.0 Å². The van der Waals surface area contributed by atoms with E-state index in [1.165, 1.54) is 5.56 Å². The highest BCUT2D eigenvalue weighted by Gasteiger charge is 2.56. The van der Waals surface area contributed by atoms with Gasteiger partial charge >= 0.3 is 6.18 Å². The van der Waals surface area contributed by atoms with Crippen molar-refractivity contribution in [3.05, 3.63) is 63.7 Å². The number of alkyl halides is 3. The first-order valence-corrected chi connectivity index (χ1v) is 15.2. The molecule has 42 heavy (non-hydrogen) atoms. The molecule has 1 amide bonds. The van der Waals surface area contributed by atoms with Gasteiger partial charge in [-0.3, -0.25) is 14.5 Å². The standard InChI is InChI=1S/C32H36ClF3N2O4/c1-20-16-37(11-8-27(20)21-3-2-4-26(14-21)41-19-39)25-7-10-31(42-18-25,23-5-6-23)30(40)38-12-9-28-22(17-38)13-24(15-29(28)33)32(34,35)36/h2-4,13-15,19-20,23,25,27H,5-12,16-18H2,1H3/t20-,25+,27-,31-/m0/s1. The van der Waals surface area contributed by atoms with E-state index in [0.717, 1.165) is 50.9 Å². The number of ether oxygens (including phenoxy) is 2. The molecule has 0 unspecified atom stereocenters. The molecule has 4 atom stereocenters. The van der Waals surface area contributed by atoms with Gasteiger partial charge in [-0.1, -0.05) is 30.7 Å². The van der Waals surface area contributed by atoms with Crippen LogP contribution in [0.5, 0.6) is 5.75 Å². The number of rotatable bonds is 6. The predicted molar refractivity (Wildman–Crippen MR) is 151 cm³/mol. The molecule has 0 N–H and O–H groups in total. The van der Waals surface area contributed by atoms with Crippen molar-refractivity contribution in [2.75, 3.05) is 26.2 Å². The Balaban J connectivity index is 1.11. The SMILES string of the molecule is C[C@H]1CN([C@@H]2CC[C@@](C(=O)N3CCc4c(Cl)cc(C(F)(F)F)cc4C3)(C3CC3)OC2)CC[C@@H]1c1cccc(OC=O)c1. The van der Waals surface area contributed by atoms with Gasteiger partial charge in [-0.2, -0.15) is 13.2 Å². The van der Waals surface area contributed by atoms with E-state index in [0.29, 0.717) is 61.2 Å². The summed E-state index contributed by atoms with van der Waals surface area (Å²) in [6.45, 7) is 5.52. The number of carbonyl (C=O) groups excluding carboxylic acids is 2. The van der Waals surface area contributed by atoms with Gasteiger partial charge in [0, 0.05) is 30.7 Å². The van der Waals surface area contributed by atoms with Crippen LogP contribution < -0.4 is 4.74 Å². The summed E-state index contributed by atoms with van der Waals surface area (Å²) in [4.78, 5) is 29.0. The molecule has 2 aromatic carbocycles. The lowest BCUT2D eigenvalue weighted by Crippen LogP contribution is -2.59. The highest BCUT2D eigenvalue weighted by atomic mass is 35.5. The molecule has 4 aliphatic rings. The van der Waals surface area contributed by atoms with Crippen LogP contribution in [0.15, 0.2) is 36.4 Å². The zero-order chi connectivity index (χ0) is 29.6. The van der Waals surface area contributed by atoms with Crippen molar-refractivity contribution in [3.8, 4) is 5.75 Å². The van der Waals surface area contributed by atoms with E-state index < -0.39 is 17.3 Å². The van der Waals surface area contributed by atoms with Gasteiger partial charge in [0.05, 0.1) is 12.2 Å². The maximum Gasteiger partial charge on any atom is 0.416 e. The van der Waals surface area contributed by atoms with E-state index in [-0.39, 0.29) is 29.4 Å². The average molecular weight is 605 g/mol. The van der Waals surface area contributed by atoms with E-state index >= 15 is 0 Å². The van der Waals surface area contributed by atoms with Crippen molar-refractivity contribution < 1.29 is 32.2 Å². The number of hydrogen-bond donors (Lipinski definition) is 0. The van der Waals surface area contributed by atoms with E-state index in [4.69, 9.17) is 21.1 Å². The van der Waals surface area contributed by atoms with Crippen molar-refractivity contribution in [2.24, 2.45) is 11.8 Å². The Morgan fingerprint density at radius 1 is 1.14 bits per heavy atom. The molecule has 6 nitrogen and oxygen atoms in total. The first kappa shape index (κ1) is 29.5. The number of fused-ring (bicyclic) bond motifs is 1. The van der Waals surface area contributed by atoms with Crippen molar-refractivity contribution >= 4 is 24.0 Å². The highest BCUT2D eigenvalue weighted by molar-refractivity contribution is 6.31. The first-order valence-electron chi connectivity index (χ1n) is 14.8. The second-order valence-corrected chi connectivity index (χ2v) is 12.8. The summed E-state index contributed by atoms with van der Waals surface area (Å²) in [5.74, 6) is 1.38. The van der Waals surface area contributed by atoms with Gasteiger partial charge in [0.1, 0.15) is 11.4 Å². The summed E-state index contributed by atoms with van der Waals surface area (Å²) in [7, 11) is 0. The van der Waals surface area contributed by atoms with Crippen LogP contribution in [0.4, 0.5) is 13.2 Å². The van der Waals surface area contributed by atoms with E-state index in [2.05, 4.69) is 17.9 Å². The largest absolute Gasteiger partial charge is 0.429 e. The smallest absolute Gasteiger partial charge is 0.416 e. The van der Waals surface area contributed by atoms with Gasteiger partial charge in [-0.05, 0) is 104 Å². The molecule has 2 saturated heterocycles. The first-order chi connectivity index (χ1) is 20.1. The maximum absolute atomic E-state index is 14.0. The Labute approximate surface area is 249 Å². The quantitative estimate of drug-likeness (QED) is 0.366. The molecule has 226 valence electrons. The van der Waals surface area contributed by atoms with Crippen LogP contribution in [-0.2, 0) is 33.5 Å². The summed E-state index contributed by atoms with van der Waals surface area (Å²) in [5.41, 5.74) is 0.650. The molecule has 6 rings (SSSR count). The molecule has 0 aromatic heterocycles. The van der Waals surface area contributed by atoms with Crippen molar-refractivity contribution in [1.82, 2.24) is 9.80 Å². The van der Waals surface area contributed by atoms with Crippen LogP contribution in [-0.4, -0.2) is 60.1 Å². The lowest BCUT2D eigenvalue weighted by Gasteiger charge is -2.48. The number of nitrogens with zero attached hydrogens (tertiary/aromatic N) is 2. The summed E-state index contributed by atoms with van der Waals surface area (Å²) in [5, 5.41) is 0.112. The van der Waals surface area contributed by atoms with Crippen molar-refractivity contribution in [2.45, 2.75) is 75.7 Å². The van der Waals surface area contributed by atoms with Gasteiger partial charge in [0.25, 0.3) is 12.4 Å². The molecule has 1 aliphatic carbocycles. The van der Waals surface area contributed by atoms with Gasteiger partial charge in [0.2, 0.25) is 0 Å². The van der Waals surface area contributed by atoms with Crippen molar-refractivity contribution in [1.29, 1.82) is 0 Å². The third-order valence-corrected chi connectivity index (χ3v) is 10.1. The Bertz CT molecular complexity index is 1340. The molecule has 3 aliphatic heterocycles. The van der Waals surface area contributed by atoms with Gasteiger partial charge in [-0.15, -0.1) is 0 Å². The predicted octanol–water partition coefficient (Wildman–Crippen LogP) is 6.23. The maximum atomic E-state index is 14.0. The molecule has 0 spiro atoms. The van der Waals surface area contributed by atoms with Crippen LogP contribution in [0, 0.1) is 11.8 Å². The van der Waals surface area contributed by atoms with E-state index in [9.17, 15) is 22.8 Å². The lowest BCUT2D eigenvalue weighted by molar-refractivity contribution is -0.177. The van der Waals surface area contributed by atoms with Crippen LogP contribution in [0.25, 0.3) is 0 Å².